The highest BCUT2D eigenvalue weighted by Gasteiger charge is 2.34. The minimum Gasteiger partial charge on any atom is -0.308 e. The molecule has 13 aromatic rings. The first kappa shape index (κ1) is 39.7. The minimum atomic E-state index is 0.138. The maximum absolute atomic E-state index is 2.69. The highest BCUT2D eigenvalue weighted by Crippen LogP contribution is 2.58. The molecule has 4 aromatic heterocycles. The summed E-state index contributed by atoms with van der Waals surface area (Å²) in [4.78, 5) is 0. The lowest BCUT2D eigenvalue weighted by Crippen LogP contribution is -2.05. The van der Waals surface area contributed by atoms with E-state index in [1.807, 2.05) is 0 Å². The van der Waals surface area contributed by atoms with E-state index in [0.717, 1.165) is 0 Å². The lowest BCUT2D eigenvalue weighted by molar-refractivity contribution is 0.918. The lowest BCUT2D eigenvalue weighted by atomic mass is 9.79. The van der Waals surface area contributed by atoms with Crippen molar-refractivity contribution < 1.29 is 0 Å². The average molecular weight is 875 g/mol. The highest BCUT2D eigenvalue weighted by atomic mass is 14.9. The molecule has 0 saturated heterocycles. The zero-order valence-corrected chi connectivity index (χ0v) is 41.0. The molecule has 4 heterocycles. The van der Waals surface area contributed by atoms with Gasteiger partial charge in [0.05, 0.1) is 33.1 Å². The maximum Gasteiger partial charge on any atom is 0.0635 e. The van der Waals surface area contributed by atoms with E-state index < -0.39 is 0 Å². The van der Waals surface area contributed by atoms with Gasteiger partial charge in [-0.25, -0.2) is 0 Å². The molecule has 68 heavy (non-hydrogen) atoms. The third-order valence-corrected chi connectivity index (χ3v) is 16.4. The molecule has 14 rings (SSSR count). The minimum absolute atomic E-state index is 0.138. The molecule has 0 saturated carbocycles. The van der Waals surface area contributed by atoms with Crippen LogP contribution < -0.4 is 0 Å². The van der Waals surface area contributed by atoms with Crippen molar-refractivity contribution in [1.29, 1.82) is 0 Å². The van der Waals surface area contributed by atoms with Crippen molar-refractivity contribution in [3.8, 4) is 44.5 Å². The predicted molar refractivity (Wildman–Crippen MR) is 292 cm³/mol. The molecule has 0 aliphatic heterocycles. The van der Waals surface area contributed by atoms with Crippen molar-refractivity contribution in [1.82, 2.24) is 8.80 Å². The van der Waals surface area contributed by atoms with E-state index in [4.69, 9.17) is 0 Å². The number of fused-ring (bicyclic) bond motifs is 13. The summed E-state index contributed by atoms with van der Waals surface area (Å²) in [7, 11) is 0. The molecule has 328 valence electrons. The fraction of sp³-hybridized carbons (Fsp3) is 0.182. The van der Waals surface area contributed by atoms with E-state index in [9.17, 15) is 0 Å². The molecule has 0 amide bonds. The first-order valence-corrected chi connectivity index (χ1v) is 24.6. The monoisotopic (exact) mass is 874 g/mol. The van der Waals surface area contributed by atoms with Gasteiger partial charge >= 0.3 is 0 Å². The van der Waals surface area contributed by atoms with E-state index in [0.29, 0.717) is 0 Å². The zero-order valence-electron chi connectivity index (χ0n) is 41.0. The summed E-state index contributed by atoms with van der Waals surface area (Å²) in [5, 5.41) is 10.8. The number of hydrogen-bond donors (Lipinski definition) is 0. The average Bonchev–Trinajstić information content (AvgIpc) is 4.01. The largest absolute Gasteiger partial charge is 0.308 e. The molecule has 1 aliphatic rings. The zero-order chi connectivity index (χ0) is 46.5. The van der Waals surface area contributed by atoms with Gasteiger partial charge < -0.3 is 8.80 Å². The molecule has 0 radical (unpaired) electrons. The topological polar surface area (TPSA) is 8.82 Å². The Labute approximate surface area is 397 Å². The van der Waals surface area contributed by atoms with Gasteiger partial charge in [0, 0.05) is 49.0 Å². The Morgan fingerprint density at radius 1 is 0.294 bits per heavy atom. The van der Waals surface area contributed by atoms with Crippen LogP contribution in [-0.4, -0.2) is 8.80 Å². The third kappa shape index (κ3) is 4.83. The smallest absolute Gasteiger partial charge is 0.0635 e. The molecule has 9 aromatic carbocycles. The van der Waals surface area contributed by atoms with Crippen molar-refractivity contribution in [3.05, 3.63) is 188 Å². The number of aryl methyl sites for hydroxylation is 10. The van der Waals surface area contributed by atoms with Gasteiger partial charge in [0.15, 0.2) is 0 Å². The Morgan fingerprint density at radius 3 is 0.838 bits per heavy atom. The number of benzene rings is 9. The molecule has 2 heteroatoms. The molecule has 0 atom stereocenters. The number of hydrogen-bond acceptors (Lipinski definition) is 0. The van der Waals surface area contributed by atoms with E-state index >= 15 is 0 Å². The van der Waals surface area contributed by atoms with E-state index in [-0.39, 0.29) is 5.92 Å². The van der Waals surface area contributed by atoms with E-state index in [1.54, 1.807) is 0 Å². The summed E-state index contributed by atoms with van der Waals surface area (Å²) in [5.41, 5.74) is 34.3. The molecular weight excluding hydrogens is 821 g/mol. The van der Waals surface area contributed by atoms with Gasteiger partial charge in [-0.15, -0.1) is 0 Å². The van der Waals surface area contributed by atoms with Gasteiger partial charge in [-0.3, -0.25) is 0 Å². The molecule has 0 fully saturated rings. The summed E-state index contributed by atoms with van der Waals surface area (Å²) in [6.07, 6.45) is 0. The fourth-order valence-electron chi connectivity index (χ4n) is 14.5. The second-order valence-corrected chi connectivity index (χ2v) is 21.0. The van der Waals surface area contributed by atoms with Gasteiger partial charge in [-0.2, -0.15) is 0 Å². The van der Waals surface area contributed by atoms with E-state index in [2.05, 4.69) is 206 Å². The van der Waals surface area contributed by atoms with Crippen molar-refractivity contribution in [3.63, 3.8) is 0 Å². The summed E-state index contributed by atoms with van der Waals surface area (Å²) in [5.74, 6) is 0.138. The first-order chi connectivity index (χ1) is 32.8. The van der Waals surface area contributed by atoms with Crippen LogP contribution in [-0.2, 0) is 0 Å². The lowest BCUT2D eigenvalue weighted by Gasteiger charge is -2.25. The summed E-state index contributed by atoms with van der Waals surface area (Å²) in [6, 6.07) is 47.9. The van der Waals surface area contributed by atoms with Crippen LogP contribution in [0, 0.1) is 69.2 Å². The van der Waals surface area contributed by atoms with Gasteiger partial charge in [-0.1, -0.05) is 126 Å². The van der Waals surface area contributed by atoms with Crippen LogP contribution in [0.3, 0.4) is 0 Å². The fourth-order valence-corrected chi connectivity index (χ4v) is 14.5. The number of rotatable bonds is 2. The van der Waals surface area contributed by atoms with Crippen molar-refractivity contribution >= 4 is 76.2 Å². The van der Waals surface area contributed by atoms with E-state index in [1.165, 1.54) is 187 Å². The van der Waals surface area contributed by atoms with Gasteiger partial charge in [-0.05, 0) is 183 Å². The first-order valence-electron chi connectivity index (χ1n) is 24.6. The second-order valence-electron chi connectivity index (χ2n) is 21.0. The summed E-state index contributed by atoms with van der Waals surface area (Å²) in [6.45, 7) is 25.4. The molecule has 0 unspecified atom stereocenters. The summed E-state index contributed by atoms with van der Waals surface area (Å²) >= 11 is 0. The molecule has 2 nitrogen and oxygen atoms in total. The predicted octanol–water partition coefficient (Wildman–Crippen LogP) is 18.2. The van der Waals surface area contributed by atoms with Crippen LogP contribution >= 0.6 is 0 Å². The van der Waals surface area contributed by atoms with Gasteiger partial charge in [0.25, 0.3) is 0 Å². The van der Waals surface area contributed by atoms with Gasteiger partial charge in [0.1, 0.15) is 0 Å². The van der Waals surface area contributed by atoms with Crippen LogP contribution in [0.5, 0.6) is 0 Å². The summed E-state index contributed by atoms with van der Waals surface area (Å²) < 4.78 is 5.37. The molecular formula is C66H54N2. The Balaban J connectivity index is 1.37. The number of nitrogens with zero attached hydrogens (tertiary/aromatic N) is 2. The Hall–Kier alpha value is -7.42. The SMILES string of the molecule is Cc1cc(C)c(-c2cccc3c2c2c4c5c(-c6c(C)cc(C)cc6C)cccc5n5c6cccc7c6c(c6c8c(cccc8n3c26)-c2c(C)cc(C)cc2C(C)c2cc(C)cc(C)c2-7)c45)c(C)c1. The quantitative estimate of drug-likeness (QED) is 0.164. The Morgan fingerprint density at radius 2 is 0.544 bits per heavy atom. The Kier molecular flexibility index (Phi) is 7.82. The standard InChI is InChI=1S/C66H54N2/c1-32-24-36(5)53(37(6)25-32)43-16-12-20-49-57(43)61-62-58-44(54-38(7)26-33(2)27-39(54)8)17-13-21-50(58)68-52-23-15-19-46-56-41(10)29-35(4)31-48(56)42(11)47-30-34(3)28-40(9)55(47)45-18-14-22-51-59(45)63(65(61)67(49)51)64(60(46)52)66(62)68/h12-31,42H,1-11H3. The number of aromatic nitrogens is 2. The molecule has 0 spiro atoms. The van der Waals surface area contributed by atoms with Crippen molar-refractivity contribution in [2.45, 2.75) is 82.1 Å². The Bertz CT molecular complexity index is 4100. The molecule has 0 N–H and O–H groups in total. The molecule has 1 aliphatic carbocycles. The second kappa shape index (κ2) is 13.4. The normalized spacial score (nSPS) is 13.2. The molecule has 0 bridgehead atoms. The van der Waals surface area contributed by atoms with Crippen LogP contribution in [0.1, 0.15) is 79.6 Å². The van der Waals surface area contributed by atoms with Crippen molar-refractivity contribution in [2.75, 3.05) is 0 Å². The van der Waals surface area contributed by atoms with Crippen LogP contribution in [0.2, 0.25) is 0 Å². The van der Waals surface area contributed by atoms with Gasteiger partial charge in [0.2, 0.25) is 0 Å². The maximum atomic E-state index is 2.69. The van der Waals surface area contributed by atoms with Crippen LogP contribution in [0.4, 0.5) is 0 Å². The van der Waals surface area contributed by atoms with Crippen molar-refractivity contribution in [2.24, 2.45) is 0 Å². The van der Waals surface area contributed by atoms with Crippen LogP contribution in [0.25, 0.3) is 121 Å². The third-order valence-electron chi connectivity index (χ3n) is 16.4. The van der Waals surface area contributed by atoms with Crippen LogP contribution in [0.15, 0.2) is 121 Å². The highest BCUT2D eigenvalue weighted by molar-refractivity contribution is 6.48.